The maximum absolute atomic E-state index is 9.49. The molecule has 7 heteroatoms. The summed E-state index contributed by atoms with van der Waals surface area (Å²) in [6.07, 6.45) is 2.31. The summed E-state index contributed by atoms with van der Waals surface area (Å²) < 4.78 is 0.647. The minimum atomic E-state index is -0.190. The van der Waals surface area contributed by atoms with Crippen molar-refractivity contribution in [3.8, 4) is 0 Å². The van der Waals surface area contributed by atoms with Crippen molar-refractivity contribution in [3.05, 3.63) is 57.1 Å². The molecule has 1 aromatic heterocycles. The zero-order valence-electron chi connectivity index (χ0n) is 13.8. The van der Waals surface area contributed by atoms with Gasteiger partial charge in [-0.3, -0.25) is 15.7 Å². The first kappa shape index (κ1) is 18.8. The summed E-state index contributed by atoms with van der Waals surface area (Å²) in [5.74, 6) is 1.19. The number of hydroxylamine groups is 1. The van der Waals surface area contributed by atoms with Gasteiger partial charge in [0.15, 0.2) is 5.84 Å². The van der Waals surface area contributed by atoms with E-state index in [0.29, 0.717) is 28.3 Å². The second-order valence-electron chi connectivity index (χ2n) is 5.65. The van der Waals surface area contributed by atoms with Crippen LogP contribution in [0.3, 0.4) is 0 Å². The monoisotopic (exact) mass is 410 g/mol. The molecule has 5 nitrogen and oxygen atoms in total. The van der Waals surface area contributed by atoms with Gasteiger partial charge in [-0.25, -0.2) is 9.97 Å². The predicted molar refractivity (Wildman–Crippen MR) is 100 cm³/mol. The van der Waals surface area contributed by atoms with Crippen molar-refractivity contribution in [1.82, 2.24) is 15.4 Å². The summed E-state index contributed by atoms with van der Waals surface area (Å²) in [7, 11) is 0. The summed E-state index contributed by atoms with van der Waals surface area (Å²) in [6.45, 7) is 5.92. The molecule has 0 radical (unpaired) electrons. The van der Waals surface area contributed by atoms with Gasteiger partial charge in [0.25, 0.3) is 0 Å². The Morgan fingerprint density at radius 3 is 2.75 bits per heavy atom. The largest absolute Gasteiger partial charge is 0.290 e. The number of alkyl halides is 1. The molecule has 0 amide bonds. The number of halogens is 2. The summed E-state index contributed by atoms with van der Waals surface area (Å²) in [6, 6.07) is 6.12. The Balaban J connectivity index is 2.31. The van der Waals surface area contributed by atoms with Crippen LogP contribution in [0.1, 0.15) is 28.2 Å². The van der Waals surface area contributed by atoms with E-state index in [4.69, 9.17) is 11.6 Å². The zero-order chi connectivity index (χ0) is 17.7. The summed E-state index contributed by atoms with van der Waals surface area (Å²) in [5, 5.41) is 9.49. The molecule has 0 aliphatic heterocycles. The fourth-order valence-electron chi connectivity index (χ4n) is 2.41. The van der Waals surface area contributed by atoms with Crippen molar-refractivity contribution >= 4 is 33.4 Å². The van der Waals surface area contributed by atoms with Gasteiger partial charge in [0, 0.05) is 12.1 Å². The van der Waals surface area contributed by atoms with Crippen molar-refractivity contribution < 1.29 is 5.21 Å². The standard InChI is InChI=1S/C17H20BrClN4O/c1-10-4-5-13(11(2)6-10)7-14(8-19)22-17(23-24)16-15(18)9-20-12(3)21-16/h4-6,9,14,24H,7-8H2,1-3H3,(H,22,23). The van der Waals surface area contributed by atoms with Crippen LogP contribution in [0.25, 0.3) is 0 Å². The molecule has 1 aromatic carbocycles. The molecule has 0 aliphatic carbocycles. The topological polar surface area (TPSA) is 70.4 Å². The van der Waals surface area contributed by atoms with E-state index in [2.05, 4.69) is 68.4 Å². The van der Waals surface area contributed by atoms with Crippen LogP contribution in [0, 0.1) is 20.8 Å². The molecule has 0 saturated heterocycles. The highest BCUT2D eigenvalue weighted by Gasteiger charge is 2.15. The van der Waals surface area contributed by atoms with Gasteiger partial charge in [0.1, 0.15) is 11.5 Å². The van der Waals surface area contributed by atoms with Crippen molar-refractivity contribution in [2.75, 3.05) is 5.88 Å². The molecular formula is C17H20BrClN4O. The Morgan fingerprint density at radius 1 is 1.38 bits per heavy atom. The number of nitrogens with zero attached hydrogens (tertiary/aromatic N) is 3. The van der Waals surface area contributed by atoms with Crippen molar-refractivity contribution in [1.29, 1.82) is 0 Å². The highest BCUT2D eigenvalue weighted by Crippen LogP contribution is 2.17. The minimum absolute atomic E-state index is 0.190. The van der Waals surface area contributed by atoms with E-state index < -0.39 is 0 Å². The number of hydrogen-bond donors (Lipinski definition) is 2. The summed E-state index contributed by atoms with van der Waals surface area (Å²) in [5.41, 5.74) is 6.25. The molecule has 24 heavy (non-hydrogen) atoms. The first-order valence-corrected chi connectivity index (χ1v) is 8.86. The fraction of sp³-hybridized carbons (Fsp3) is 0.353. The Kier molecular flexibility index (Phi) is 6.71. The van der Waals surface area contributed by atoms with Crippen molar-refractivity contribution in [2.45, 2.75) is 33.2 Å². The lowest BCUT2D eigenvalue weighted by atomic mass is 10.00. The highest BCUT2D eigenvalue weighted by molar-refractivity contribution is 9.10. The van der Waals surface area contributed by atoms with Gasteiger partial charge in [-0.1, -0.05) is 23.8 Å². The number of rotatable bonds is 5. The molecule has 0 aliphatic rings. The summed E-state index contributed by atoms with van der Waals surface area (Å²) in [4.78, 5) is 13.0. The van der Waals surface area contributed by atoms with Crippen molar-refractivity contribution in [3.63, 3.8) is 0 Å². The molecule has 0 bridgehead atoms. The SMILES string of the molecule is Cc1ccc(CC(CCl)N=C(NO)c2nc(C)ncc2Br)c(C)c1. The first-order valence-electron chi connectivity index (χ1n) is 7.54. The molecule has 2 N–H and O–H groups in total. The lowest BCUT2D eigenvalue weighted by Crippen LogP contribution is -2.26. The molecule has 1 heterocycles. The van der Waals surface area contributed by atoms with E-state index in [0.717, 1.165) is 0 Å². The average molecular weight is 412 g/mol. The van der Waals surface area contributed by atoms with Crippen LogP contribution < -0.4 is 5.48 Å². The molecule has 0 fully saturated rings. The number of benzene rings is 1. The Bertz CT molecular complexity index is 751. The molecule has 2 rings (SSSR count). The smallest absolute Gasteiger partial charge is 0.172 e. The molecular weight excluding hydrogens is 392 g/mol. The Morgan fingerprint density at radius 2 is 2.12 bits per heavy atom. The van der Waals surface area contributed by atoms with Gasteiger partial charge in [0.2, 0.25) is 0 Å². The molecule has 128 valence electrons. The number of aliphatic imine (C=N–C) groups is 1. The van der Waals surface area contributed by atoms with Crippen LogP contribution in [-0.2, 0) is 6.42 Å². The van der Waals surface area contributed by atoms with Crippen LogP contribution >= 0.6 is 27.5 Å². The third-order valence-electron chi connectivity index (χ3n) is 3.64. The quantitative estimate of drug-likeness (QED) is 0.340. The van der Waals surface area contributed by atoms with E-state index in [9.17, 15) is 5.21 Å². The predicted octanol–water partition coefficient (Wildman–Crippen LogP) is 3.74. The third-order valence-corrected chi connectivity index (χ3v) is 4.57. The zero-order valence-corrected chi connectivity index (χ0v) is 16.2. The molecule has 1 unspecified atom stereocenters. The van der Waals surface area contributed by atoms with Gasteiger partial charge in [-0.05, 0) is 54.2 Å². The molecule has 0 saturated carbocycles. The maximum atomic E-state index is 9.49. The van der Waals surface area contributed by atoms with E-state index >= 15 is 0 Å². The van der Waals surface area contributed by atoms with E-state index in [1.165, 1.54) is 16.7 Å². The van der Waals surface area contributed by atoms with E-state index in [1.807, 2.05) is 0 Å². The summed E-state index contributed by atoms with van der Waals surface area (Å²) >= 11 is 9.48. The van der Waals surface area contributed by atoms with Gasteiger partial charge < -0.3 is 0 Å². The van der Waals surface area contributed by atoms with Crippen LogP contribution in [0.15, 0.2) is 33.9 Å². The Labute approximate surface area is 155 Å². The highest BCUT2D eigenvalue weighted by atomic mass is 79.9. The maximum Gasteiger partial charge on any atom is 0.172 e. The van der Waals surface area contributed by atoms with Gasteiger partial charge in [-0.15, -0.1) is 11.6 Å². The van der Waals surface area contributed by atoms with Crippen LogP contribution in [0.4, 0.5) is 0 Å². The number of aryl methyl sites for hydroxylation is 3. The number of hydrogen-bond acceptors (Lipinski definition) is 4. The van der Waals surface area contributed by atoms with Crippen molar-refractivity contribution in [2.24, 2.45) is 4.99 Å². The molecule has 1 atom stereocenters. The first-order chi connectivity index (χ1) is 11.4. The second kappa shape index (κ2) is 8.55. The average Bonchev–Trinajstić information content (AvgIpc) is 2.56. The van der Waals surface area contributed by atoms with Crippen LogP contribution in [-0.4, -0.2) is 32.9 Å². The number of amidine groups is 1. The van der Waals surface area contributed by atoms with Crippen LogP contribution in [0.5, 0.6) is 0 Å². The number of aromatic nitrogens is 2. The number of nitrogens with one attached hydrogen (secondary N) is 1. The molecule has 0 spiro atoms. The lowest BCUT2D eigenvalue weighted by Gasteiger charge is -2.15. The molecule has 2 aromatic rings. The normalized spacial score (nSPS) is 13.0. The lowest BCUT2D eigenvalue weighted by molar-refractivity contribution is 0.234. The van der Waals surface area contributed by atoms with Gasteiger partial charge >= 0.3 is 0 Å². The van der Waals surface area contributed by atoms with E-state index in [-0.39, 0.29) is 11.9 Å². The third kappa shape index (κ3) is 4.75. The van der Waals surface area contributed by atoms with Gasteiger partial charge in [-0.2, -0.15) is 0 Å². The van der Waals surface area contributed by atoms with Crippen LogP contribution in [0.2, 0.25) is 0 Å². The fourth-order valence-corrected chi connectivity index (χ4v) is 2.97. The minimum Gasteiger partial charge on any atom is -0.290 e. The Hall–Kier alpha value is -1.50. The van der Waals surface area contributed by atoms with Gasteiger partial charge in [0.05, 0.1) is 10.5 Å². The second-order valence-corrected chi connectivity index (χ2v) is 6.81. The van der Waals surface area contributed by atoms with E-state index in [1.54, 1.807) is 13.1 Å².